The molecule has 4 heterocycles. The van der Waals surface area contributed by atoms with Crippen molar-refractivity contribution in [3.8, 4) is 0 Å². The van der Waals surface area contributed by atoms with Crippen molar-refractivity contribution in [3.63, 3.8) is 0 Å². The number of cyclic esters (lactones) is 1. The molecular weight excluding hydrogens is 1170 g/mol. The maximum atomic E-state index is 11.9. The van der Waals surface area contributed by atoms with Gasteiger partial charge in [0.1, 0.15) is 116 Å². The highest BCUT2D eigenvalue weighted by atomic mass is 35.5. The summed E-state index contributed by atoms with van der Waals surface area (Å²) in [6.07, 6.45) is -41.8. The number of carbonyl (C=O) groups excluding carboxylic acids is 3. The van der Waals surface area contributed by atoms with Gasteiger partial charge in [0, 0.05) is 19.0 Å². The maximum Gasteiger partial charge on any atom is 0.338 e. The summed E-state index contributed by atoms with van der Waals surface area (Å²) in [6, 6.07) is 0. The molecule has 39 nitrogen and oxygen atoms in total. The molecular formula is C44H84ClN7O32. The quantitative estimate of drug-likeness (QED) is 0.0157. The van der Waals surface area contributed by atoms with Crippen LogP contribution in [0.1, 0.15) is 32.6 Å². The van der Waals surface area contributed by atoms with Gasteiger partial charge in [-0.15, -0.1) is 0 Å². The molecule has 0 aromatic carbocycles. The molecule has 4 rings (SSSR count). The van der Waals surface area contributed by atoms with Crippen LogP contribution in [0.2, 0.25) is 0 Å². The van der Waals surface area contributed by atoms with Gasteiger partial charge in [-0.2, -0.15) is 5.53 Å². The van der Waals surface area contributed by atoms with Gasteiger partial charge in [0.2, 0.25) is 0 Å². The average molecular weight is 1260 g/mol. The number of unbranched alkanes of at least 4 members (excludes halogenated alkanes) is 1. The molecule has 494 valence electrons. The zero-order valence-corrected chi connectivity index (χ0v) is 45.8. The van der Waals surface area contributed by atoms with E-state index >= 15 is 0 Å². The van der Waals surface area contributed by atoms with E-state index < -0.39 is 222 Å². The molecule has 15 unspecified atom stereocenters. The minimum absolute atomic E-state index is 0.125. The van der Waals surface area contributed by atoms with Gasteiger partial charge in [-0.25, -0.2) is 4.79 Å². The van der Waals surface area contributed by atoms with Gasteiger partial charge in [0.15, 0.2) is 30.9 Å². The molecule has 0 spiro atoms. The number of aliphatic hydroxyl groups excluding tert-OH is 23. The zero-order chi connectivity index (χ0) is 64.3. The van der Waals surface area contributed by atoms with Crippen LogP contribution in [0.15, 0.2) is 15.1 Å². The molecule has 84 heavy (non-hydrogen) atoms. The molecule has 40 heteroatoms. The minimum Gasteiger partial charge on any atom is -0.458 e. The number of nitrogens with zero attached hydrogens (tertiary/aromatic N) is 3. The van der Waals surface area contributed by atoms with Crippen LogP contribution in [0, 0.1) is 11.4 Å². The normalized spacial score (nSPS) is 35.3. The monoisotopic (exact) mass is 1260 g/mol. The van der Waals surface area contributed by atoms with E-state index in [9.17, 15) is 122 Å². The van der Waals surface area contributed by atoms with Crippen LogP contribution in [-0.2, 0) is 42.8 Å². The first kappa shape index (κ1) is 78.8. The van der Waals surface area contributed by atoms with E-state index in [-0.39, 0.29) is 26.1 Å². The first-order valence-corrected chi connectivity index (χ1v) is 26.3. The molecule has 0 aromatic rings. The molecule has 4 aliphatic rings. The van der Waals surface area contributed by atoms with Gasteiger partial charge in [0.25, 0.3) is 11.8 Å². The fraction of sp³-hybridized carbons (Fsp3) is 0.932. The molecule has 0 radical (unpaired) electrons. The number of esters is 1. The number of rotatable bonds is 27. The predicted octanol–water partition coefficient (Wildman–Crippen LogP) is -14.1. The Kier molecular flexibility index (Phi) is 37.8. The lowest BCUT2D eigenvalue weighted by atomic mass is 9.82. The number of amides is 2. The van der Waals surface area contributed by atoms with Crippen molar-refractivity contribution in [2.45, 2.75) is 192 Å². The summed E-state index contributed by atoms with van der Waals surface area (Å²) >= 11 is 4.55. The molecule has 0 saturated carbocycles. The third kappa shape index (κ3) is 22.7. The van der Waals surface area contributed by atoms with Crippen molar-refractivity contribution in [3.05, 3.63) is 0 Å². The number of carbonyl (C=O) groups is 3. The highest BCUT2D eigenvalue weighted by Gasteiger charge is 2.52. The fourth-order valence-corrected chi connectivity index (χ4v) is 8.31. The van der Waals surface area contributed by atoms with Crippen molar-refractivity contribution in [1.82, 2.24) is 10.6 Å². The second-order valence-corrected chi connectivity index (χ2v) is 19.3. The lowest BCUT2D eigenvalue weighted by molar-refractivity contribution is -0.326. The van der Waals surface area contributed by atoms with Crippen LogP contribution in [0.4, 0.5) is 0 Å². The number of hydrogen-bond acceptors (Lipinski definition) is 35. The number of halogens is 1. The van der Waals surface area contributed by atoms with Crippen LogP contribution in [0.25, 0.3) is 0 Å². The van der Waals surface area contributed by atoms with Crippen LogP contribution < -0.4 is 16.4 Å². The van der Waals surface area contributed by atoms with Crippen molar-refractivity contribution < 1.29 is 160 Å². The summed E-state index contributed by atoms with van der Waals surface area (Å²) < 4.78 is 33.3. The van der Waals surface area contributed by atoms with E-state index in [4.69, 9.17) is 49.9 Å². The number of ether oxygens (including phenoxy) is 6. The Labute approximate surface area is 482 Å². The Hall–Kier alpha value is -3.26. The Morgan fingerprint density at radius 1 is 0.583 bits per heavy atom. The van der Waals surface area contributed by atoms with Crippen molar-refractivity contribution in [1.29, 1.82) is 5.53 Å². The Bertz CT molecular complexity index is 1800. The first-order chi connectivity index (χ1) is 39.6. The molecule has 0 bridgehead atoms. The van der Waals surface area contributed by atoms with Crippen molar-refractivity contribution in [2.75, 3.05) is 59.3 Å². The summed E-state index contributed by atoms with van der Waals surface area (Å²) in [5, 5.41) is 233. The summed E-state index contributed by atoms with van der Waals surface area (Å²) in [5.74, 6) is -3.96. The predicted molar refractivity (Wildman–Crippen MR) is 269 cm³/mol. The molecule has 28 N–H and O–H groups in total. The second kappa shape index (κ2) is 40.3. The third-order valence-electron chi connectivity index (χ3n) is 13.3. The van der Waals surface area contributed by atoms with E-state index in [1.54, 1.807) is 0 Å². The Balaban J connectivity index is 0.000000607. The third-order valence-corrected chi connectivity index (χ3v) is 13.3. The number of nitrogens with two attached hydrogens (primary N) is 1. The van der Waals surface area contributed by atoms with Crippen LogP contribution >= 0.6 is 11.8 Å². The van der Waals surface area contributed by atoms with E-state index in [0.29, 0.717) is 12.8 Å². The SMILES string of the molecule is CCCCNC(=O)[C@H](O)[C@@H](O)[C@H](OC1OC(CO)C(O)C(O)C1O)[C@H](O)CO.N=NN=NCl.NCCCNC(=O)[C@H](O)[C@@H](O)[C@H](OC1OC(CO)C(O)C(O)C1O)[C@H](O)CO.O=C1O[C@H](CO)[C@@H](CC2OC(CO)C(O)C(O)C2O)[C@H](O)[C@H]1O. The van der Waals surface area contributed by atoms with Crippen LogP contribution in [0.3, 0.4) is 0 Å². The van der Waals surface area contributed by atoms with Crippen LogP contribution in [0.5, 0.6) is 0 Å². The molecule has 0 aliphatic carbocycles. The van der Waals surface area contributed by atoms with Gasteiger partial charge in [-0.1, -0.05) is 18.0 Å². The number of aliphatic hydroxyl groups is 23. The first-order valence-electron chi connectivity index (χ1n) is 25.9. The maximum absolute atomic E-state index is 11.9. The second-order valence-electron chi connectivity index (χ2n) is 19.2. The highest BCUT2D eigenvalue weighted by molar-refractivity contribution is 6.13. The zero-order valence-electron chi connectivity index (χ0n) is 45.0. The average Bonchev–Trinajstić information content (AvgIpc) is 3.61. The van der Waals surface area contributed by atoms with Crippen LogP contribution in [-0.4, -0.2) is 354 Å². The smallest absolute Gasteiger partial charge is 0.338 e. The lowest BCUT2D eigenvalue weighted by Crippen LogP contribution is -2.62. The van der Waals surface area contributed by atoms with Gasteiger partial charge < -0.3 is 162 Å². The van der Waals surface area contributed by atoms with E-state index in [1.165, 1.54) is 0 Å². The lowest BCUT2D eigenvalue weighted by Gasteiger charge is -2.44. The number of nitrogens with one attached hydrogen (secondary N) is 3. The summed E-state index contributed by atoms with van der Waals surface area (Å²) in [5.41, 5.74) is 11.2. The van der Waals surface area contributed by atoms with Gasteiger partial charge in [0.05, 0.1) is 63.6 Å². The molecule has 4 aliphatic heterocycles. The van der Waals surface area contributed by atoms with E-state index in [1.807, 2.05) is 6.92 Å². The fourth-order valence-electron chi connectivity index (χ4n) is 8.28. The van der Waals surface area contributed by atoms with Crippen molar-refractivity contribution >= 4 is 29.6 Å². The number of hydrogen-bond donors (Lipinski definition) is 27. The summed E-state index contributed by atoms with van der Waals surface area (Å²) in [4.78, 5) is 35.1. The highest BCUT2D eigenvalue weighted by Crippen LogP contribution is 2.33. The Morgan fingerprint density at radius 3 is 1.31 bits per heavy atom. The largest absolute Gasteiger partial charge is 0.458 e. The van der Waals surface area contributed by atoms with Crippen molar-refractivity contribution in [2.24, 2.45) is 26.7 Å². The summed E-state index contributed by atoms with van der Waals surface area (Å²) in [7, 11) is 0. The van der Waals surface area contributed by atoms with Gasteiger partial charge >= 0.3 is 5.97 Å². The molecule has 2 amide bonds. The topological polar surface area (TPSA) is 683 Å². The molecule has 0 aromatic heterocycles. The molecule has 4 saturated heterocycles. The molecule has 4 fully saturated rings. The minimum atomic E-state index is -2.08. The van der Waals surface area contributed by atoms with E-state index in [2.05, 4.69) is 37.5 Å². The van der Waals surface area contributed by atoms with Gasteiger partial charge in [-0.05, 0) is 36.3 Å². The Morgan fingerprint density at radius 2 is 0.964 bits per heavy atom. The standard InChI is InChI=1S/C16H31NO11.C15H30N2O11.C13H22O10.ClHN4/c1-2-3-4-17-15(26)12(24)11(23)14(7(20)5-18)28-16-13(25)10(22)9(21)8(6-19)27-16;16-2-1-3-17-14(26)11(24)10(23)13(6(20)4-18)28-15-12(25)9(22)8(21)7(5-19)27-15;14-2-6-4(8(16)12(20)13(21)23-6)1-5-9(17)11(19)10(18)7(3-15)22-5;1-3-5-4-2/h7-14,16,18-25H,2-6H2,1H3,(H,17,26);6-13,15,18-25H,1-5,16H2,(H,17,26);4-12,14-20H,1-3H2;2H/t7-,8?,9?,10?,11-,12-,13?,14-,16?;6-,7?,8?,9?,10-,11-,12?,13-,15?;4-,5?,6-,7?,8+,9?,10?,11?,12-;/m111./s1. The summed E-state index contributed by atoms with van der Waals surface area (Å²) in [6.45, 7) is -2.02. The van der Waals surface area contributed by atoms with E-state index in [0.717, 1.165) is 6.42 Å². The molecule has 27 atom stereocenters. The van der Waals surface area contributed by atoms with Gasteiger partial charge in [-0.3, -0.25) is 9.59 Å².